The number of anilines is 1. The molecule has 2 aromatic heterocycles. The van der Waals surface area contributed by atoms with Gasteiger partial charge in [-0.05, 0) is 47.8 Å². The number of hydrogen-bond donors (Lipinski definition) is 1. The van der Waals surface area contributed by atoms with Gasteiger partial charge in [-0.1, -0.05) is 13.8 Å². The lowest BCUT2D eigenvalue weighted by molar-refractivity contribution is 0.945. The van der Waals surface area contributed by atoms with Gasteiger partial charge in [-0.15, -0.1) is 11.3 Å². The Hall–Kier alpha value is -0.940. The average Bonchev–Trinajstić information content (AvgIpc) is 2.84. The van der Waals surface area contributed by atoms with Gasteiger partial charge in [-0.2, -0.15) is 0 Å². The van der Waals surface area contributed by atoms with Crippen molar-refractivity contribution in [1.82, 2.24) is 9.97 Å². The van der Waals surface area contributed by atoms with E-state index in [0.29, 0.717) is 0 Å². The zero-order chi connectivity index (χ0) is 13.8. The van der Waals surface area contributed by atoms with Crippen molar-refractivity contribution < 1.29 is 0 Å². The van der Waals surface area contributed by atoms with E-state index >= 15 is 0 Å². The molecular weight excluding hydrogens is 322 g/mol. The predicted molar refractivity (Wildman–Crippen MR) is 85.9 cm³/mol. The van der Waals surface area contributed by atoms with Crippen LogP contribution in [0.25, 0.3) is 10.7 Å². The third-order valence-corrected chi connectivity index (χ3v) is 4.59. The smallest absolute Gasteiger partial charge is 0.171 e. The minimum absolute atomic E-state index is 0.816. The number of halogens is 1. The number of hydrogen-bond acceptors (Lipinski definition) is 4. The third kappa shape index (κ3) is 3.34. The molecule has 3 nitrogen and oxygen atoms in total. The molecular formula is C14H18BrN3S. The minimum Gasteiger partial charge on any atom is -0.369 e. The van der Waals surface area contributed by atoms with Gasteiger partial charge in [0.05, 0.1) is 15.0 Å². The normalized spacial score (nSPS) is 10.7. The molecule has 0 bridgehead atoms. The van der Waals surface area contributed by atoms with Gasteiger partial charge in [0.25, 0.3) is 0 Å². The van der Waals surface area contributed by atoms with Crippen molar-refractivity contribution in [2.75, 3.05) is 11.9 Å². The van der Waals surface area contributed by atoms with Crippen LogP contribution >= 0.6 is 27.3 Å². The summed E-state index contributed by atoms with van der Waals surface area (Å²) >= 11 is 5.33. The summed E-state index contributed by atoms with van der Waals surface area (Å²) in [6, 6.07) is 4.20. The van der Waals surface area contributed by atoms with E-state index in [0.717, 1.165) is 46.1 Å². The van der Waals surface area contributed by atoms with Crippen molar-refractivity contribution in [3.63, 3.8) is 0 Å². The van der Waals surface area contributed by atoms with Crippen molar-refractivity contribution in [3.05, 3.63) is 27.2 Å². The van der Waals surface area contributed by atoms with Crippen LogP contribution in [0, 0.1) is 6.92 Å². The van der Waals surface area contributed by atoms with Gasteiger partial charge in [0, 0.05) is 11.4 Å². The first kappa shape index (κ1) is 14.5. The lowest BCUT2D eigenvalue weighted by Gasteiger charge is -2.11. The Bertz CT molecular complexity index is 566. The summed E-state index contributed by atoms with van der Waals surface area (Å²) in [4.78, 5) is 11.7. The first-order chi connectivity index (χ1) is 9.15. The number of thiophene rings is 1. The maximum atomic E-state index is 4.66. The fraction of sp³-hybridized carbons (Fsp3) is 0.429. The summed E-state index contributed by atoms with van der Waals surface area (Å²) in [6.07, 6.45) is 1.96. The van der Waals surface area contributed by atoms with Gasteiger partial charge < -0.3 is 5.32 Å². The molecule has 2 aromatic rings. The Balaban J connectivity index is 2.44. The van der Waals surface area contributed by atoms with E-state index in [2.05, 4.69) is 64.1 Å². The van der Waals surface area contributed by atoms with E-state index in [4.69, 9.17) is 0 Å². The van der Waals surface area contributed by atoms with E-state index in [1.165, 1.54) is 4.88 Å². The molecule has 0 amide bonds. The molecule has 1 N–H and O–H groups in total. The summed E-state index contributed by atoms with van der Waals surface area (Å²) in [6.45, 7) is 7.28. The van der Waals surface area contributed by atoms with Crippen LogP contribution in [0.1, 0.15) is 30.8 Å². The molecule has 0 aliphatic rings. The highest BCUT2D eigenvalue weighted by molar-refractivity contribution is 9.10. The van der Waals surface area contributed by atoms with Crippen LogP contribution in [0.15, 0.2) is 16.6 Å². The quantitative estimate of drug-likeness (QED) is 0.860. The first-order valence-electron chi connectivity index (χ1n) is 6.52. The number of aromatic nitrogens is 2. The molecule has 0 saturated carbocycles. The maximum Gasteiger partial charge on any atom is 0.171 e. The summed E-state index contributed by atoms with van der Waals surface area (Å²) in [5.41, 5.74) is 1.05. The highest BCUT2D eigenvalue weighted by Gasteiger charge is 2.13. The molecule has 0 saturated heterocycles. The van der Waals surface area contributed by atoms with Crippen LogP contribution in [-0.2, 0) is 6.42 Å². The van der Waals surface area contributed by atoms with Crippen LogP contribution in [0.2, 0.25) is 0 Å². The number of nitrogens with zero attached hydrogens (tertiary/aromatic N) is 2. The molecule has 19 heavy (non-hydrogen) atoms. The Kier molecular flexibility index (Phi) is 4.93. The molecule has 0 radical (unpaired) electrons. The van der Waals surface area contributed by atoms with Gasteiger partial charge in [0.2, 0.25) is 0 Å². The SMILES string of the molecule is CCCNc1nc(-c2ccc(C)s2)nc(CC)c1Br. The Labute approximate surface area is 126 Å². The minimum atomic E-state index is 0.816. The van der Waals surface area contributed by atoms with Crippen LogP contribution in [0.3, 0.4) is 0 Å². The molecule has 2 rings (SSSR count). The molecule has 0 fully saturated rings. The Morgan fingerprint density at radius 2 is 2.05 bits per heavy atom. The first-order valence-corrected chi connectivity index (χ1v) is 8.13. The van der Waals surface area contributed by atoms with E-state index in [1.807, 2.05) is 0 Å². The molecule has 0 aromatic carbocycles. The molecule has 0 unspecified atom stereocenters. The largest absolute Gasteiger partial charge is 0.369 e. The fourth-order valence-electron chi connectivity index (χ4n) is 1.75. The van der Waals surface area contributed by atoms with Crippen molar-refractivity contribution >= 4 is 33.1 Å². The van der Waals surface area contributed by atoms with E-state index in [1.54, 1.807) is 11.3 Å². The van der Waals surface area contributed by atoms with E-state index in [-0.39, 0.29) is 0 Å². The van der Waals surface area contributed by atoms with Crippen LogP contribution in [0.4, 0.5) is 5.82 Å². The predicted octanol–water partition coefficient (Wildman–Crippen LogP) is 4.66. The van der Waals surface area contributed by atoms with E-state index < -0.39 is 0 Å². The summed E-state index contributed by atoms with van der Waals surface area (Å²) in [5, 5.41) is 3.36. The van der Waals surface area contributed by atoms with Crippen LogP contribution in [-0.4, -0.2) is 16.5 Å². The summed E-state index contributed by atoms with van der Waals surface area (Å²) < 4.78 is 0.987. The van der Waals surface area contributed by atoms with Crippen LogP contribution in [0.5, 0.6) is 0 Å². The van der Waals surface area contributed by atoms with E-state index in [9.17, 15) is 0 Å². The average molecular weight is 340 g/mol. The Morgan fingerprint density at radius 3 is 2.63 bits per heavy atom. The second kappa shape index (κ2) is 6.48. The van der Waals surface area contributed by atoms with Gasteiger partial charge in [0.1, 0.15) is 5.82 Å². The van der Waals surface area contributed by atoms with Crippen molar-refractivity contribution in [1.29, 1.82) is 0 Å². The van der Waals surface area contributed by atoms with Gasteiger partial charge >= 0.3 is 0 Å². The lowest BCUT2D eigenvalue weighted by atomic mass is 10.3. The third-order valence-electron chi connectivity index (χ3n) is 2.76. The van der Waals surface area contributed by atoms with Gasteiger partial charge in [0.15, 0.2) is 5.82 Å². The molecule has 102 valence electrons. The summed E-state index contributed by atoms with van der Waals surface area (Å²) in [7, 11) is 0. The van der Waals surface area contributed by atoms with Crippen molar-refractivity contribution in [2.24, 2.45) is 0 Å². The molecule has 2 heterocycles. The monoisotopic (exact) mass is 339 g/mol. The second-order valence-electron chi connectivity index (χ2n) is 4.35. The fourth-order valence-corrected chi connectivity index (χ4v) is 3.15. The van der Waals surface area contributed by atoms with Crippen molar-refractivity contribution in [3.8, 4) is 10.7 Å². The number of aryl methyl sites for hydroxylation is 2. The molecule has 5 heteroatoms. The second-order valence-corrected chi connectivity index (χ2v) is 6.43. The number of nitrogens with one attached hydrogen (secondary N) is 1. The molecule has 0 atom stereocenters. The maximum absolute atomic E-state index is 4.66. The number of rotatable bonds is 5. The highest BCUT2D eigenvalue weighted by Crippen LogP contribution is 2.30. The lowest BCUT2D eigenvalue weighted by Crippen LogP contribution is -2.06. The highest BCUT2D eigenvalue weighted by atomic mass is 79.9. The van der Waals surface area contributed by atoms with Crippen molar-refractivity contribution in [2.45, 2.75) is 33.6 Å². The molecule has 0 aliphatic carbocycles. The summed E-state index contributed by atoms with van der Waals surface area (Å²) in [5.74, 6) is 1.71. The van der Waals surface area contributed by atoms with Crippen LogP contribution < -0.4 is 5.32 Å². The zero-order valence-electron chi connectivity index (χ0n) is 11.5. The van der Waals surface area contributed by atoms with Gasteiger partial charge in [-0.3, -0.25) is 0 Å². The standard InChI is InChI=1S/C14H18BrN3S/c1-4-8-16-14-12(15)10(5-2)17-13(18-14)11-7-6-9(3)19-11/h6-7H,4-5,8H2,1-3H3,(H,16,17,18). The topological polar surface area (TPSA) is 37.8 Å². The van der Waals surface area contributed by atoms with Gasteiger partial charge in [-0.25, -0.2) is 9.97 Å². The zero-order valence-corrected chi connectivity index (χ0v) is 13.9. The molecule has 0 spiro atoms. The Morgan fingerprint density at radius 1 is 1.26 bits per heavy atom. The molecule has 0 aliphatic heterocycles.